The summed E-state index contributed by atoms with van der Waals surface area (Å²) < 4.78 is 43.7. The lowest BCUT2D eigenvalue weighted by molar-refractivity contribution is -0.141. The molecule has 6 nitrogen and oxygen atoms in total. The summed E-state index contributed by atoms with van der Waals surface area (Å²) in [5.74, 6) is -0.715. The molecule has 2 amide bonds. The molecule has 0 atom stereocenters. The van der Waals surface area contributed by atoms with Gasteiger partial charge in [-0.1, -0.05) is 6.07 Å². The van der Waals surface area contributed by atoms with Crippen LogP contribution in [-0.2, 0) is 12.7 Å². The third-order valence-electron chi connectivity index (χ3n) is 4.40. The molecule has 0 radical (unpaired) electrons. The van der Waals surface area contributed by atoms with Gasteiger partial charge in [0.2, 0.25) is 0 Å². The molecule has 0 fully saturated rings. The fourth-order valence-electron chi connectivity index (χ4n) is 2.95. The number of hydrogen-bond donors (Lipinski definition) is 1. The minimum Gasteiger partial charge on any atom is -0.495 e. The van der Waals surface area contributed by atoms with Gasteiger partial charge in [-0.3, -0.25) is 9.59 Å². The van der Waals surface area contributed by atoms with Crippen molar-refractivity contribution in [3.05, 3.63) is 52.8 Å². The molecule has 1 N–H and O–H groups in total. The van der Waals surface area contributed by atoms with E-state index in [4.69, 9.17) is 4.74 Å². The lowest BCUT2D eigenvalue weighted by Crippen LogP contribution is -2.30. The number of methoxy groups -OCH3 is 1. The Balaban J connectivity index is 1.91. The number of hydrogen-bond acceptors (Lipinski definition) is 4. The van der Waals surface area contributed by atoms with E-state index >= 15 is 0 Å². The quantitative estimate of drug-likeness (QED) is 0.859. The Morgan fingerprint density at radius 2 is 2.00 bits per heavy atom. The van der Waals surface area contributed by atoms with E-state index in [1.54, 1.807) is 11.0 Å². The minimum atomic E-state index is -4.65. The first-order valence-electron chi connectivity index (χ1n) is 8.49. The highest BCUT2D eigenvalue weighted by molar-refractivity contribution is 6.05. The van der Waals surface area contributed by atoms with Crippen LogP contribution >= 0.6 is 0 Å². The van der Waals surface area contributed by atoms with Crippen LogP contribution < -0.4 is 10.1 Å². The molecule has 0 saturated carbocycles. The molecule has 2 aromatic rings. The van der Waals surface area contributed by atoms with E-state index < -0.39 is 17.8 Å². The highest BCUT2D eigenvalue weighted by atomic mass is 19.4. The number of alkyl halides is 3. The first-order valence-corrected chi connectivity index (χ1v) is 8.49. The highest BCUT2D eigenvalue weighted by Gasteiger charge is 2.33. The molecule has 0 unspecified atom stereocenters. The van der Waals surface area contributed by atoms with Crippen molar-refractivity contribution in [2.75, 3.05) is 12.4 Å². The Labute approximate surface area is 159 Å². The number of aromatic nitrogens is 1. The number of rotatable bonds is 4. The van der Waals surface area contributed by atoms with Crippen molar-refractivity contribution in [3.63, 3.8) is 0 Å². The van der Waals surface area contributed by atoms with Crippen LogP contribution in [0.15, 0.2) is 30.3 Å². The SMILES string of the molecule is COc1cc2c(cc1NC(=O)c1cccc(C(F)(F)F)n1)CN(C(C)C)C2=O. The van der Waals surface area contributed by atoms with Gasteiger partial charge in [0.1, 0.15) is 17.1 Å². The number of fused-ring (bicyclic) bond motifs is 1. The Bertz CT molecular complexity index is 942. The number of nitrogens with zero attached hydrogens (tertiary/aromatic N) is 2. The highest BCUT2D eigenvalue weighted by Crippen LogP contribution is 2.34. The molecule has 3 rings (SSSR count). The van der Waals surface area contributed by atoms with E-state index in [2.05, 4.69) is 10.3 Å². The zero-order valence-corrected chi connectivity index (χ0v) is 15.4. The summed E-state index contributed by atoms with van der Waals surface area (Å²) in [5, 5.41) is 2.52. The molecule has 1 aromatic carbocycles. The lowest BCUT2D eigenvalue weighted by Gasteiger charge is -2.19. The summed E-state index contributed by atoms with van der Waals surface area (Å²) in [6, 6.07) is 6.21. The zero-order valence-electron chi connectivity index (χ0n) is 15.4. The van der Waals surface area contributed by atoms with E-state index in [9.17, 15) is 22.8 Å². The van der Waals surface area contributed by atoms with E-state index in [0.717, 1.165) is 12.1 Å². The van der Waals surface area contributed by atoms with Crippen LogP contribution in [0, 0.1) is 0 Å². The van der Waals surface area contributed by atoms with Crippen LogP contribution in [0.3, 0.4) is 0 Å². The number of ether oxygens (including phenoxy) is 1. The van der Waals surface area contributed by atoms with Crippen molar-refractivity contribution in [2.45, 2.75) is 32.6 Å². The summed E-state index contributed by atoms with van der Waals surface area (Å²) in [6.45, 7) is 4.16. The van der Waals surface area contributed by atoms with Gasteiger partial charge in [0.15, 0.2) is 0 Å². The van der Waals surface area contributed by atoms with E-state index in [-0.39, 0.29) is 29.1 Å². The second-order valence-corrected chi connectivity index (χ2v) is 6.60. The predicted octanol–water partition coefficient (Wildman–Crippen LogP) is 3.73. The molecule has 0 aliphatic carbocycles. The fourth-order valence-corrected chi connectivity index (χ4v) is 2.95. The predicted molar refractivity (Wildman–Crippen MR) is 95.2 cm³/mol. The molecule has 0 saturated heterocycles. The van der Waals surface area contributed by atoms with Crippen LogP contribution in [-0.4, -0.2) is 34.8 Å². The largest absolute Gasteiger partial charge is 0.495 e. The Kier molecular flexibility index (Phi) is 5.01. The molecular formula is C19H18F3N3O3. The van der Waals surface area contributed by atoms with Crippen LogP contribution in [0.25, 0.3) is 0 Å². The van der Waals surface area contributed by atoms with Crippen molar-refractivity contribution >= 4 is 17.5 Å². The molecule has 1 aliphatic rings. The molecule has 1 aliphatic heterocycles. The number of anilines is 1. The van der Waals surface area contributed by atoms with Gasteiger partial charge >= 0.3 is 6.18 Å². The van der Waals surface area contributed by atoms with Crippen molar-refractivity contribution < 1.29 is 27.5 Å². The summed E-state index contributed by atoms with van der Waals surface area (Å²) in [7, 11) is 1.37. The van der Waals surface area contributed by atoms with Gasteiger partial charge < -0.3 is 15.0 Å². The normalized spacial score (nSPS) is 13.7. The van der Waals surface area contributed by atoms with Gasteiger partial charge in [-0.15, -0.1) is 0 Å². The topological polar surface area (TPSA) is 71.5 Å². The number of benzene rings is 1. The van der Waals surface area contributed by atoms with Crippen molar-refractivity contribution in [2.24, 2.45) is 0 Å². The second kappa shape index (κ2) is 7.14. The summed E-state index contributed by atoms with van der Waals surface area (Å²) >= 11 is 0. The third-order valence-corrected chi connectivity index (χ3v) is 4.40. The molecule has 148 valence electrons. The monoisotopic (exact) mass is 393 g/mol. The maximum absolute atomic E-state index is 12.8. The van der Waals surface area contributed by atoms with E-state index in [1.807, 2.05) is 13.8 Å². The molecule has 2 heterocycles. The van der Waals surface area contributed by atoms with Crippen molar-refractivity contribution in [1.29, 1.82) is 0 Å². The smallest absolute Gasteiger partial charge is 0.433 e. The van der Waals surface area contributed by atoms with Crippen molar-refractivity contribution in [3.8, 4) is 5.75 Å². The Morgan fingerprint density at radius 3 is 2.61 bits per heavy atom. The summed E-state index contributed by atoms with van der Waals surface area (Å²) in [4.78, 5) is 29.9. The Morgan fingerprint density at radius 1 is 1.29 bits per heavy atom. The fraction of sp³-hybridized carbons (Fsp3) is 0.316. The Hall–Kier alpha value is -3.10. The average Bonchev–Trinajstić information content (AvgIpc) is 2.96. The van der Waals surface area contributed by atoms with E-state index in [0.29, 0.717) is 17.7 Å². The number of pyridine rings is 1. The number of carbonyl (C=O) groups is 2. The third kappa shape index (κ3) is 3.64. The number of nitrogens with one attached hydrogen (secondary N) is 1. The first kappa shape index (κ1) is 19.7. The van der Waals surface area contributed by atoms with Gasteiger partial charge in [0.25, 0.3) is 11.8 Å². The molecular weight excluding hydrogens is 375 g/mol. The standard InChI is InChI=1S/C19H18F3N3O3/c1-10(2)25-9-11-7-14(15(28-3)8-12(11)18(25)27)24-17(26)13-5-4-6-16(23-13)19(20,21)22/h4-8,10H,9H2,1-3H3,(H,24,26). The summed E-state index contributed by atoms with van der Waals surface area (Å²) in [5.41, 5.74) is -0.104. The van der Waals surface area contributed by atoms with Crippen molar-refractivity contribution in [1.82, 2.24) is 9.88 Å². The molecule has 28 heavy (non-hydrogen) atoms. The molecule has 1 aromatic heterocycles. The maximum atomic E-state index is 12.8. The number of carbonyl (C=O) groups excluding carboxylic acids is 2. The second-order valence-electron chi connectivity index (χ2n) is 6.60. The number of halogens is 3. The summed E-state index contributed by atoms with van der Waals surface area (Å²) in [6.07, 6.45) is -4.65. The van der Waals surface area contributed by atoms with Gasteiger partial charge in [-0.2, -0.15) is 13.2 Å². The first-order chi connectivity index (χ1) is 13.1. The zero-order chi connectivity index (χ0) is 20.6. The lowest BCUT2D eigenvalue weighted by atomic mass is 10.1. The van der Waals surface area contributed by atoms with Gasteiger partial charge in [0, 0.05) is 18.2 Å². The van der Waals surface area contributed by atoms with Crippen LogP contribution in [0.4, 0.5) is 18.9 Å². The van der Waals surface area contributed by atoms with Crippen LogP contribution in [0.5, 0.6) is 5.75 Å². The maximum Gasteiger partial charge on any atom is 0.433 e. The van der Waals surface area contributed by atoms with E-state index in [1.165, 1.54) is 19.2 Å². The van der Waals surface area contributed by atoms with Crippen LogP contribution in [0.2, 0.25) is 0 Å². The van der Waals surface area contributed by atoms with Gasteiger partial charge in [0.05, 0.1) is 12.8 Å². The molecule has 0 bridgehead atoms. The van der Waals surface area contributed by atoms with Crippen LogP contribution in [0.1, 0.15) is 46.0 Å². The molecule has 0 spiro atoms. The number of amides is 2. The minimum absolute atomic E-state index is 0.00163. The average molecular weight is 393 g/mol. The van der Waals surface area contributed by atoms with Gasteiger partial charge in [-0.05, 0) is 43.7 Å². The van der Waals surface area contributed by atoms with Gasteiger partial charge in [-0.25, -0.2) is 4.98 Å². The molecule has 9 heteroatoms.